The van der Waals surface area contributed by atoms with Crippen LogP contribution in [0.1, 0.15) is 40.4 Å². The molecule has 0 saturated heterocycles. The summed E-state index contributed by atoms with van der Waals surface area (Å²) in [6, 6.07) is 9.16. The van der Waals surface area contributed by atoms with Gasteiger partial charge >= 0.3 is 0 Å². The quantitative estimate of drug-likeness (QED) is 0.917. The molecule has 0 spiro atoms. The van der Waals surface area contributed by atoms with E-state index < -0.39 is 0 Å². The summed E-state index contributed by atoms with van der Waals surface area (Å²) >= 11 is 0. The Morgan fingerprint density at radius 3 is 2.47 bits per heavy atom. The van der Waals surface area contributed by atoms with Gasteiger partial charge in [-0.15, -0.1) is 0 Å². The molecule has 0 radical (unpaired) electrons. The predicted octanol–water partition coefficient (Wildman–Crippen LogP) is 2.58. The third-order valence-corrected chi connectivity index (χ3v) is 2.90. The minimum Gasteiger partial charge on any atom is -0.344 e. The van der Waals surface area contributed by atoms with E-state index in [9.17, 15) is 4.79 Å². The van der Waals surface area contributed by atoms with Gasteiger partial charge in [-0.3, -0.25) is 4.79 Å². The average molecular weight is 255 g/mol. The number of aryl methyl sites for hydroxylation is 2. The molecule has 4 nitrogen and oxygen atoms in total. The van der Waals surface area contributed by atoms with E-state index in [0.29, 0.717) is 11.4 Å². The van der Waals surface area contributed by atoms with E-state index in [2.05, 4.69) is 15.3 Å². The molecule has 1 unspecified atom stereocenters. The summed E-state index contributed by atoms with van der Waals surface area (Å²) in [5.74, 6) is 0.609. The first-order valence-electron chi connectivity index (χ1n) is 6.23. The molecule has 0 aliphatic rings. The van der Waals surface area contributed by atoms with Crippen molar-refractivity contribution in [2.75, 3.05) is 0 Å². The van der Waals surface area contributed by atoms with E-state index in [4.69, 9.17) is 0 Å². The highest BCUT2D eigenvalue weighted by molar-refractivity contribution is 5.94. The number of carbonyl (C=O) groups excluding carboxylic acids is 1. The number of nitrogens with one attached hydrogen (secondary N) is 1. The highest BCUT2D eigenvalue weighted by Crippen LogP contribution is 2.10. The van der Waals surface area contributed by atoms with Crippen LogP contribution in [-0.2, 0) is 0 Å². The second kappa shape index (κ2) is 5.61. The molecule has 1 amide bonds. The van der Waals surface area contributed by atoms with Crippen molar-refractivity contribution >= 4 is 5.91 Å². The summed E-state index contributed by atoms with van der Waals surface area (Å²) in [5.41, 5.74) is 2.60. The van der Waals surface area contributed by atoms with Crippen molar-refractivity contribution in [1.29, 1.82) is 0 Å². The molecule has 1 atom stereocenters. The maximum absolute atomic E-state index is 12.1. The van der Waals surface area contributed by atoms with Crippen molar-refractivity contribution in [1.82, 2.24) is 15.3 Å². The number of rotatable bonds is 3. The number of amides is 1. The zero-order valence-corrected chi connectivity index (χ0v) is 11.3. The van der Waals surface area contributed by atoms with Crippen LogP contribution in [0.2, 0.25) is 0 Å². The summed E-state index contributed by atoms with van der Waals surface area (Å²) in [6.07, 6.45) is 1.70. The number of nitrogens with zero attached hydrogens (tertiary/aromatic N) is 2. The molecule has 0 aliphatic heterocycles. The second-order valence-electron chi connectivity index (χ2n) is 4.59. The molecule has 0 saturated carbocycles. The molecule has 98 valence electrons. The monoisotopic (exact) mass is 255 g/mol. The normalized spacial score (nSPS) is 11.9. The van der Waals surface area contributed by atoms with Crippen LogP contribution in [0.15, 0.2) is 36.5 Å². The lowest BCUT2D eigenvalue weighted by Gasteiger charge is -2.13. The molecule has 1 aromatic carbocycles. The van der Waals surface area contributed by atoms with Gasteiger partial charge in [-0.05, 0) is 39.0 Å². The zero-order valence-electron chi connectivity index (χ0n) is 11.3. The molecule has 2 rings (SSSR count). The number of hydrogen-bond acceptors (Lipinski definition) is 3. The largest absolute Gasteiger partial charge is 0.344 e. The van der Waals surface area contributed by atoms with Gasteiger partial charge in [-0.1, -0.05) is 17.7 Å². The Morgan fingerprint density at radius 2 is 1.84 bits per heavy atom. The summed E-state index contributed by atoms with van der Waals surface area (Å²) in [4.78, 5) is 20.4. The van der Waals surface area contributed by atoms with Crippen LogP contribution in [0.5, 0.6) is 0 Å². The van der Waals surface area contributed by atoms with Gasteiger partial charge in [-0.25, -0.2) is 9.97 Å². The van der Waals surface area contributed by atoms with Crippen LogP contribution in [0.25, 0.3) is 0 Å². The number of carbonyl (C=O) groups is 1. The highest BCUT2D eigenvalue weighted by atomic mass is 16.1. The number of hydrogen-bond donors (Lipinski definition) is 1. The van der Waals surface area contributed by atoms with Crippen LogP contribution in [0, 0.1) is 13.8 Å². The molecule has 0 bridgehead atoms. The van der Waals surface area contributed by atoms with E-state index >= 15 is 0 Å². The van der Waals surface area contributed by atoms with E-state index in [1.54, 1.807) is 6.20 Å². The molecule has 1 aromatic heterocycles. The molecule has 0 fully saturated rings. The van der Waals surface area contributed by atoms with Crippen LogP contribution in [0.4, 0.5) is 0 Å². The Kier molecular flexibility index (Phi) is 3.90. The van der Waals surface area contributed by atoms with E-state index in [-0.39, 0.29) is 11.9 Å². The topological polar surface area (TPSA) is 54.9 Å². The van der Waals surface area contributed by atoms with Gasteiger partial charge in [0.05, 0.1) is 11.7 Å². The smallest absolute Gasteiger partial charge is 0.251 e. The van der Waals surface area contributed by atoms with Crippen molar-refractivity contribution in [3.8, 4) is 0 Å². The standard InChI is InChI=1S/C15H17N3O/c1-10-4-6-13(7-5-10)15(19)17-11(2)14-8-9-16-12(3)18-14/h4-9,11H,1-3H3,(H,17,19). The van der Waals surface area contributed by atoms with Gasteiger partial charge in [-0.2, -0.15) is 0 Å². The van der Waals surface area contributed by atoms with Crippen LogP contribution < -0.4 is 5.32 Å². The fourth-order valence-corrected chi connectivity index (χ4v) is 1.77. The SMILES string of the molecule is Cc1ccc(C(=O)NC(C)c2ccnc(C)n2)cc1. The first-order chi connectivity index (χ1) is 9.06. The Hall–Kier alpha value is -2.23. The fourth-order valence-electron chi connectivity index (χ4n) is 1.77. The van der Waals surface area contributed by atoms with E-state index in [1.807, 2.05) is 51.1 Å². The third-order valence-electron chi connectivity index (χ3n) is 2.90. The maximum atomic E-state index is 12.1. The lowest BCUT2D eigenvalue weighted by Crippen LogP contribution is -2.27. The Bertz CT molecular complexity index is 578. The summed E-state index contributed by atoms with van der Waals surface area (Å²) < 4.78 is 0. The van der Waals surface area contributed by atoms with Gasteiger partial charge in [0.25, 0.3) is 5.91 Å². The molecule has 1 N–H and O–H groups in total. The first-order valence-corrected chi connectivity index (χ1v) is 6.23. The van der Waals surface area contributed by atoms with Crippen molar-refractivity contribution in [3.63, 3.8) is 0 Å². The fraction of sp³-hybridized carbons (Fsp3) is 0.267. The van der Waals surface area contributed by atoms with Crippen LogP contribution in [-0.4, -0.2) is 15.9 Å². The lowest BCUT2D eigenvalue weighted by molar-refractivity contribution is 0.0939. The average Bonchev–Trinajstić information content (AvgIpc) is 2.39. The first kappa shape index (κ1) is 13.2. The van der Waals surface area contributed by atoms with Crippen LogP contribution in [0.3, 0.4) is 0 Å². The molecule has 1 heterocycles. The molecule has 4 heteroatoms. The van der Waals surface area contributed by atoms with E-state index in [0.717, 1.165) is 11.3 Å². The Labute approximate surface area is 112 Å². The summed E-state index contributed by atoms with van der Waals surface area (Å²) in [7, 11) is 0. The van der Waals surface area contributed by atoms with Crippen LogP contribution >= 0.6 is 0 Å². The Morgan fingerprint density at radius 1 is 1.16 bits per heavy atom. The van der Waals surface area contributed by atoms with Crippen molar-refractivity contribution in [3.05, 3.63) is 59.2 Å². The maximum Gasteiger partial charge on any atom is 0.251 e. The van der Waals surface area contributed by atoms with Gasteiger partial charge in [0.2, 0.25) is 0 Å². The minimum absolute atomic E-state index is 0.0937. The summed E-state index contributed by atoms with van der Waals surface area (Å²) in [5, 5.41) is 2.93. The zero-order chi connectivity index (χ0) is 13.8. The number of benzene rings is 1. The molecular formula is C15H17N3O. The predicted molar refractivity (Wildman–Crippen MR) is 73.8 cm³/mol. The van der Waals surface area contributed by atoms with Gasteiger partial charge in [0, 0.05) is 11.8 Å². The summed E-state index contributed by atoms with van der Waals surface area (Å²) in [6.45, 7) is 5.74. The van der Waals surface area contributed by atoms with Crippen molar-refractivity contribution < 1.29 is 4.79 Å². The number of aromatic nitrogens is 2. The van der Waals surface area contributed by atoms with Crippen molar-refractivity contribution in [2.45, 2.75) is 26.8 Å². The highest BCUT2D eigenvalue weighted by Gasteiger charge is 2.12. The third kappa shape index (κ3) is 3.37. The lowest BCUT2D eigenvalue weighted by atomic mass is 10.1. The molecule has 19 heavy (non-hydrogen) atoms. The van der Waals surface area contributed by atoms with Crippen molar-refractivity contribution in [2.24, 2.45) is 0 Å². The van der Waals surface area contributed by atoms with Gasteiger partial charge in [0.1, 0.15) is 5.82 Å². The van der Waals surface area contributed by atoms with E-state index in [1.165, 1.54) is 0 Å². The second-order valence-corrected chi connectivity index (χ2v) is 4.59. The minimum atomic E-state index is -0.143. The van der Waals surface area contributed by atoms with Gasteiger partial charge < -0.3 is 5.32 Å². The molecule has 0 aliphatic carbocycles. The molecule has 2 aromatic rings. The van der Waals surface area contributed by atoms with Gasteiger partial charge in [0.15, 0.2) is 0 Å². The Balaban J connectivity index is 2.08. The molecular weight excluding hydrogens is 238 g/mol.